The molecule has 1 unspecified atom stereocenters. The quantitative estimate of drug-likeness (QED) is 0.0788. The highest BCUT2D eigenvalue weighted by Crippen LogP contribution is 2.40. The number of oxime groups is 1. The fraction of sp³-hybridized carbons (Fsp3) is 0.346. The number of halogens is 1. The summed E-state index contributed by atoms with van der Waals surface area (Å²) in [5.74, 6) is -5.85. The van der Waals surface area contributed by atoms with Crippen LogP contribution in [-0.2, 0) is 24.0 Å². The molecular formula is C26H25BrN6O10S2. The highest BCUT2D eigenvalue weighted by Gasteiger charge is 2.54. The Hall–Kier alpha value is -4.36. The third-order valence-electron chi connectivity index (χ3n) is 7.40. The van der Waals surface area contributed by atoms with Crippen LogP contribution in [0.3, 0.4) is 0 Å². The summed E-state index contributed by atoms with van der Waals surface area (Å²) in [6.45, 7) is -0.245. The van der Waals surface area contributed by atoms with E-state index in [1.807, 2.05) is 0 Å². The Morgan fingerprint density at radius 3 is 2.51 bits per heavy atom. The molecule has 238 valence electrons. The molecule has 1 saturated heterocycles. The number of nitrogen functional groups attached to an aromatic ring is 1. The minimum absolute atomic E-state index is 0.00610. The first-order valence-corrected chi connectivity index (χ1v) is 16.0. The van der Waals surface area contributed by atoms with Crippen molar-refractivity contribution in [2.75, 3.05) is 18.0 Å². The van der Waals surface area contributed by atoms with Gasteiger partial charge in [-0.2, -0.15) is 0 Å². The van der Waals surface area contributed by atoms with Crippen LogP contribution >= 0.6 is 39.0 Å². The Bertz CT molecular complexity index is 1650. The number of aromatic nitrogens is 1. The molecule has 2 atom stereocenters. The van der Waals surface area contributed by atoms with Crippen molar-refractivity contribution < 1.29 is 49.2 Å². The van der Waals surface area contributed by atoms with Crippen LogP contribution in [0.25, 0.3) is 0 Å². The summed E-state index contributed by atoms with van der Waals surface area (Å²) < 4.78 is 0.0753. The molecule has 2 fully saturated rings. The number of nitrogens with zero attached hydrogens (tertiary/aromatic N) is 3. The summed E-state index contributed by atoms with van der Waals surface area (Å²) in [4.78, 5) is 73.9. The maximum Gasteiger partial charge on any atom is 0.352 e. The van der Waals surface area contributed by atoms with Gasteiger partial charge in [-0.1, -0.05) is 5.16 Å². The summed E-state index contributed by atoms with van der Waals surface area (Å²) in [5.41, 5.74) is 3.59. The van der Waals surface area contributed by atoms with Crippen LogP contribution in [0.15, 0.2) is 38.4 Å². The van der Waals surface area contributed by atoms with Gasteiger partial charge in [-0.15, -0.1) is 23.1 Å². The van der Waals surface area contributed by atoms with Crippen LogP contribution < -0.4 is 16.4 Å². The zero-order valence-electron chi connectivity index (χ0n) is 23.0. The maximum absolute atomic E-state index is 13.4. The summed E-state index contributed by atoms with van der Waals surface area (Å²) in [6, 6.07) is 1.15. The third kappa shape index (κ3) is 6.14. The number of carbonyl (C=O) groups is 5. The molecule has 3 amide bonds. The molecule has 16 nitrogen and oxygen atoms in total. The molecule has 19 heteroatoms. The second-order valence-electron chi connectivity index (χ2n) is 10.2. The van der Waals surface area contributed by atoms with E-state index in [4.69, 9.17) is 10.6 Å². The molecule has 2 aromatic rings. The van der Waals surface area contributed by atoms with Crippen LogP contribution in [0.1, 0.15) is 41.7 Å². The lowest BCUT2D eigenvalue weighted by Crippen LogP contribution is -2.71. The van der Waals surface area contributed by atoms with Crippen molar-refractivity contribution in [2.24, 2.45) is 5.16 Å². The first kappa shape index (κ1) is 32.0. The number of β-lactam (4-membered cyclic amide) rings is 1. The molecule has 45 heavy (non-hydrogen) atoms. The Balaban J connectivity index is 1.31. The number of aromatic hydroxyl groups is 2. The molecule has 3 aliphatic rings. The van der Waals surface area contributed by atoms with Gasteiger partial charge in [0.2, 0.25) is 5.60 Å². The number of carbonyl (C=O) groups excluding carboxylic acids is 3. The molecule has 8 N–H and O–H groups in total. The average molecular weight is 726 g/mol. The number of fused-ring (bicyclic) bond motifs is 1. The molecule has 1 aromatic carbocycles. The fourth-order valence-electron chi connectivity index (χ4n) is 5.06. The lowest BCUT2D eigenvalue weighted by atomic mass is 10.0. The zero-order chi connectivity index (χ0) is 32.6. The summed E-state index contributed by atoms with van der Waals surface area (Å²) in [7, 11) is 0. The summed E-state index contributed by atoms with van der Waals surface area (Å²) in [5, 5.41) is 48.8. The van der Waals surface area contributed by atoms with E-state index in [0.717, 1.165) is 34.1 Å². The number of carboxylic acid groups (broad SMARTS) is 2. The standard InChI is InChI=1S/C26H25BrN6O10S2/c27-12-5-10(6-14(34)18(12)35)19(36)29-7-11-8-44-22-16(21(38)33(22)17(11)23(39)40)31-20(37)15(13-9-45-25(28)30-13)32-43-26(24(41)42)3-1-2-4-26/h5-6,9,16,22,34-35H,1-4,7-8H2,(H2,28,30)(H,29,36)(H,31,37)(H,39,40)(H,41,42)/b32-15-/t16-,22?/m1/s1. The second kappa shape index (κ2) is 12.6. The number of hydrogen-bond acceptors (Lipinski definition) is 13. The normalized spacial score (nSPS) is 20.7. The third-order valence-corrected chi connectivity index (χ3v) is 10.0. The number of hydrogen-bond donors (Lipinski definition) is 7. The molecular weight excluding hydrogens is 700 g/mol. The van der Waals surface area contributed by atoms with Crippen molar-refractivity contribution >= 4 is 79.5 Å². The van der Waals surface area contributed by atoms with Gasteiger partial charge in [-0.3, -0.25) is 19.3 Å². The van der Waals surface area contributed by atoms with Gasteiger partial charge in [0.05, 0.1) is 4.47 Å². The van der Waals surface area contributed by atoms with Gasteiger partial charge in [-0.05, 0) is 46.5 Å². The highest BCUT2D eigenvalue weighted by molar-refractivity contribution is 9.10. The number of phenolic OH excluding ortho intramolecular Hbond substituents is 2. The number of aliphatic carboxylic acids is 2. The van der Waals surface area contributed by atoms with Crippen molar-refractivity contribution in [3.63, 3.8) is 0 Å². The van der Waals surface area contributed by atoms with Gasteiger partial charge < -0.3 is 41.6 Å². The van der Waals surface area contributed by atoms with Gasteiger partial charge in [-0.25, -0.2) is 14.6 Å². The van der Waals surface area contributed by atoms with Crippen LogP contribution in [0, 0.1) is 0 Å². The molecule has 1 aromatic heterocycles. The zero-order valence-corrected chi connectivity index (χ0v) is 26.2. The van der Waals surface area contributed by atoms with Gasteiger partial charge in [0.1, 0.15) is 22.8 Å². The number of anilines is 1. The number of rotatable bonds is 10. The highest BCUT2D eigenvalue weighted by atomic mass is 79.9. The summed E-state index contributed by atoms with van der Waals surface area (Å²) in [6.07, 6.45) is 1.58. The predicted molar refractivity (Wildman–Crippen MR) is 162 cm³/mol. The van der Waals surface area contributed by atoms with E-state index in [9.17, 15) is 44.4 Å². The monoisotopic (exact) mass is 724 g/mol. The molecule has 1 aliphatic carbocycles. The largest absolute Gasteiger partial charge is 0.504 e. The lowest BCUT2D eigenvalue weighted by molar-refractivity contribution is -0.165. The van der Waals surface area contributed by atoms with Crippen LogP contribution in [0.2, 0.25) is 0 Å². The van der Waals surface area contributed by atoms with E-state index < -0.39 is 63.9 Å². The van der Waals surface area contributed by atoms with E-state index in [1.165, 1.54) is 11.4 Å². The molecule has 1 saturated carbocycles. The Kier molecular flexibility index (Phi) is 8.95. The Labute approximate surface area is 270 Å². The molecule has 0 radical (unpaired) electrons. The van der Waals surface area contributed by atoms with Crippen molar-refractivity contribution in [1.82, 2.24) is 20.5 Å². The Morgan fingerprint density at radius 1 is 1.20 bits per heavy atom. The minimum Gasteiger partial charge on any atom is -0.504 e. The predicted octanol–water partition coefficient (Wildman–Crippen LogP) is 1.19. The van der Waals surface area contributed by atoms with Crippen molar-refractivity contribution in [1.29, 1.82) is 0 Å². The van der Waals surface area contributed by atoms with Gasteiger partial charge >= 0.3 is 11.9 Å². The number of phenols is 2. The van der Waals surface area contributed by atoms with Crippen molar-refractivity contribution in [3.05, 3.63) is 44.5 Å². The lowest BCUT2D eigenvalue weighted by Gasteiger charge is -2.49. The first-order valence-electron chi connectivity index (χ1n) is 13.2. The molecule has 5 rings (SSSR count). The van der Waals surface area contributed by atoms with E-state index >= 15 is 0 Å². The van der Waals surface area contributed by atoms with E-state index in [1.54, 1.807) is 0 Å². The molecule has 0 bridgehead atoms. The molecule has 0 spiro atoms. The summed E-state index contributed by atoms with van der Waals surface area (Å²) >= 11 is 5.19. The van der Waals surface area contributed by atoms with E-state index in [2.05, 4.69) is 36.7 Å². The molecule has 3 heterocycles. The average Bonchev–Trinajstić information content (AvgIpc) is 3.66. The number of nitrogens with two attached hydrogens (primary N) is 1. The van der Waals surface area contributed by atoms with Gasteiger partial charge in [0.15, 0.2) is 22.3 Å². The maximum atomic E-state index is 13.4. The SMILES string of the molecule is Nc1nc(/C(=N/OC2(C(=O)O)CCCC2)C(=O)N[C@@H]2C(=O)N3C(C(=O)O)=C(CNC(=O)c4cc(O)c(O)c(Br)c4)CSC23)cs1. The second-order valence-corrected chi connectivity index (χ2v) is 13.1. The van der Waals surface area contributed by atoms with Gasteiger partial charge in [0, 0.05) is 36.1 Å². The smallest absolute Gasteiger partial charge is 0.352 e. The van der Waals surface area contributed by atoms with Crippen molar-refractivity contribution in [3.8, 4) is 11.5 Å². The number of benzene rings is 1. The fourth-order valence-corrected chi connectivity index (χ4v) is 7.40. The van der Waals surface area contributed by atoms with Gasteiger partial charge in [0.25, 0.3) is 17.7 Å². The topological polar surface area (TPSA) is 254 Å². The Morgan fingerprint density at radius 2 is 1.91 bits per heavy atom. The van der Waals surface area contributed by atoms with Crippen molar-refractivity contribution in [2.45, 2.75) is 42.7 Å². The van der Waals surface area contributed by atoms with Crippen LogP contribution in [-0.4, -0.2) is 95.0 Å². The number of amides is 3. The van der Waals surface area contributed by atoms with E-state index in [-0.39, 0.29) is 57.3 Å². The molecule has 2 aliphatic heterocycles. The van der Waals surface area contributed by atoms with Crippen LogP contribution in [0.4, 0.5) is 5.13 Å². The number of thiazole rings is 1. The number of carboxylic acids is 2. The number of thioether (sulfide) groups is 1. The van der Waals surface area contributed by atoms with Crippen LogP contribution in [0.5, 0.6) is 11.5 Å². The first-order chi connectivity index (χ1) is 21.3. The minimum atomic E-state index is -1.61. The number of nitrogens with one attached hydrogen (secondary N) is 2. The van der Waals surface area contributed by atoms with E-state index in [0.29, 0.717) is 12.8 Å².